The molecule has 2 aromatic rings. The number of benzene rings is 1. The maximum Gasteiger partial charge on any atom is 0.219 e. The smallest absolute Gasteiger partial charge is 0.219 e. The molecule has 0 N–H and O–H groups in total. The first-order valence-corrected chi connectivity index (χ1v) is 5.99. The highest BCUT2D eigenvalue weighted by Crippen LogP contribution is 2.22. The average molecular weight is 248 g/mol. The highest BCUT2D eigenvalue weighted by Gasteiger charge is 2.01. The van der Waals surface area contributed by atoms with Gasteiger partial charge in [0.25, 0.3) is 0 Å². The molecular formula is C14H14ClNO. The highest BCUT2D eigenvalue weighted by molar-refractivity contribution is 6.16. The van der Waals surface area contributed by atoms with Crippen LogP contribution in [-0.2, 0) is 5.88 Å². The van der Waals surface area contributed by atoms with E-state index in [-0.39, 0.29) is 0 Å². The minimum absolute atomic E-state index is 0.393. The Labute approximate surface area is 106 Å². The van der Waals surface area contributed by atoms with Crippen molar-refractivity contribution in [1.29, 1.82) is 0 Å². The molecule has 0 aliphatic heterocycles. The van der Waals surface area contributed by atoms with Crippen molar-refractivity contribution < 1.29 is 4.74 Å². The fraction of sp³-hybridized carbons (Fsp3) is 0.214. The summed E-state index contributed by atoms with van der Waals surface area (Å²) in [5.41, 5.74) is 3.27. The van der Waals surface area contributed by atoms with E-state index in [1.54, 1.807) is 0 Å². The number of alkyl halides is 1. The van der Waals surface area contributed by atoms with Crippen LogP contribution >= 0.6 is 11.6 Å². The molecule has 0 aliphatic rings. The summed E-state index contributed by atoms with van der Waals surface area (Å²) in [6.45, 7) is 4.14. The van der Waals surface area contributed by atoms with Gasteiger partial charge in [-0.2, -0.15) is 0 Å². The zero-order valence-corrected chi connectivity index (χ0v) is 10.7. The normalized spacial score (nSPS) is 10.3. The van der Waals surface area contributed by atoms with Crippen LogP contribution in [0, 0.1) is 13.8 Å². The number of halogens is 1. The Morgan fingerprint density at radius 2 is 1.94 bits per heavy atom. The van der Waals surface area contributed by atoms with E-state index in [4.69, 9.17) is 16.3 Å². The molecule has 0 aliphatic carbocycles. The molecule has 0 bridgehead atoms. The van der Waals surface area contributed by atoms with Crippen LogP contribution in [-0.4, -0.2) is 4.98 Å². The molecule has 2 nitrogen and oxygen atoms in total. The number of hydrogen-bond acceptors (Lipinski definition) is 2. The van der Waals surface area contributed by atoms with E-state index < -0.39 is 0 Å². The number of aryl methyl sites for hydroxylation is 2. The van der Waals surface area contributed by atoms with Crippen molar-refractivity contribution in [3.63, 3.8) is 0 Å². The van der Waals surface area contributed by atoms with Crippen molar-refractivity contribution in [3.05, 3.63) is 53.2 Å². The first-order chi connectivity index (χ1) is 8.19. The van der Waals surface area contributed by atoms with Crippen LogP contribution in [0.2, 0.25) is 0 Å². The molecule has 2 rings (SSSR count). The van der Waals surface area contributed by atoms with Gasteiger partial charge in [-0.1, -0.05) is 12.1 Å². The molecule has 0 saturated carbocycles. The van der Waals surface area contributed by atoms with Crippen LogP contribution in [0.4, 0.5) is 0 Å². The second-order valence-electron chi connectivity index (χ2n) is 3.95. The van der Waals surface area contributed by atoms with Crippen molar-refractivity contribution in [2.24, 2.45) is 0 Å². The van der Waals surface area contributed by atoms with Crippen LogP contribution in [0.3, 0.4) is 0 Å². The van der Waals surface area contributed by atoms with Gasteiger partial charge in [0.05, 0.1) is 11.6 Å². The van der Waals surface area contributed by atoms with Gasteiger partial charge < -0.3 is 4.74 Å². The van der Waals surface area contributed by atoms with Gasteiger partial charge in [-0.15, -0.1) is 11.6 Å². The minimum Gasteiger partial charge on any atom is -0.439 e. The van der Waals surface area contributed by atoms with Crippen LogP contribution in [0.25, 0.3) is 0 Å². The number of ether oxygens (including phenoxy) is 1. The lowest BCUT2D eigenvalue weighted by molar-refractivity contribution is 0.461. The number of pyridine rings is 1. The van der Waals surface area contributed by atoms with Crippen LogP contribution in [0.15, 0.2) is 36.4 Å². The van der Waals surface area contributed by atoms with E-state index in [0.717, 1.165) is 11.4 Å². The predicted octanol–water partition coefficient (Wildman–Crippen LogP) is 4.23. The molecule has 0 radical (unpaired) electrons. The third kappa shape index (κ3) is 2.98. The summed E-state index contributed by atoms with van der Waals surface area (Å²) in [7, 11) is 0. The average Bonchev–Trinajstić information content (AvgIpc) is 2.34. The van der Waals surface area contributed by atoms with Gasteiger partial charge in [0.15, 0.2) is 0 Å². The molecule has 0 atom stereocenters. The van der Waals surface area contributed by atoms with Crippen molar-refractivity contribution in [2.75, 3.05) is 0 Å². The number of rotatable bonds is 3. The minimum atomic E-state index is 0.393. The molecule has 1 aromatic heterocycles. The predicted molar refractivity (Wildman–Crippen MR) is 69.8 cm³/mol. The lowest BCUT2D eigenvalue weighted by atomic mass is 10.1. The summed E-state index contributed by atoms with van der Waals surface area (Å²) in [5.74, 6) is 1.77. The standard InChI is InChI=1S/C14H14ClNO/c1-10-6-7-13(8-11(10)2)17-14-5-3-4-12(9-15)16-14/h3-8H,9H2,1-2H3. The summed E-state index contributed by atoms with van der Waals surface area (Å²) < 4.78 is 5.69. The Morgan fingerprint density at radius 3 is 2.65 bits per heavy atom. The Hall–Kier alpha value is -1.54. The quantitative estimate of drug-likeness (QED) is 0.758. The fourth-order valence-corrected chi connectivity index (χ4v) is 1.64. The Kier molecular flexibility index (Phi) is 3.64. The molecule has 1 heterocycles. The SMILES string of the molecule is Cc1ccc(Oc2cccc(CCl)n2)cc1C. The molecule has 0 amide bonds. The third-order valence-electron chi connectivity index (χ3n) is 2.62. The molecule has 0 unspecified atom stereocenters. The van der Waals surface area contributed by atoms with Crippen molar-refractivity contribution in [2.45, 2.75) is 19.7 Å². The summed E-state index contributed by atoms with van der Waals surface area (Å²) in [6.07, 6.45) is 0. The first kappa shape index (κ1) is 11.9. The summed E-state index contributed by atoms with van der Waals surface area (Å²) in [5, 5.41) is 0. The monoisotopic (exact) mass is 247 g/mol. The zero-order chi connectivity index (χ0) is 12.3. The molecule has 0 spiro atoms. The number of hydrogen-bond donors (Lipinski definition) is 0. The van der Waals surface area contributed by atoms with E-state index in [0.29, 0.717) is 11.8 Å². The number of nitrogens with zero attached hydrogens (tertiary/aromatic N) is 1. The summed E-state index contributed by atoms with van der Waals surface area (Å²) in [6, 6.07) is 11.6. The molecule has 17 heavy (non-hydrogen) atoms. The lowest BCUT2D eigenvalue weighted by Gasteiger charge is -2.07. The van der Waals surface area contributed by atoms with E-state index in [9.17, 15) is 0 Å². The van der Waals surface area contributed by atoms with Gasteiger partial charge in [-0.3, -0.25) is 0 Å². The topological polar surface area (TPSA) is 22.1 Å². The maximum atomic E-state index is 5.73. The second-order valence-corrected chi connectivity index (χ2v) is 4.22. The molecule has 88 valence electrons. The van der Waals surface area contributed by atoms with E-state index >= 15 is 0 Å². The first-order valence-electron chi connectivity index (χ1n) is 5.46. The van der Waals surface area contributed by atoms with Gasteiger partial charge >= 0.3 is 0 Å². The van der Waals surface area contributed by atoms with Crippen LogP contribution in [0.5, 0.6) is 11.6 Å². The molecule has 0 fully saturated rings. The van der Waals surface area contributed by atoms with Crippen molar-refractivity contribution in [3.8, 4) is 11.6 Å². The van der Waals surface area contributed by atoms with Gasteiger partial charge in [0.2, 0.25) is 5.88 Å². The fourth-order valence-electron chi connectivity index (χ4n) is 1.49. The van der Waals surface area contributed by atoms with Gasteiger partial charge in [0.1, 0.15) is 5.75 Å². The third-order valence-corrected chi connectivity index (χ3v) is 2.89. The molecule has 3 heteroatoms. The Morgan fingerprint density at radius 1 is 1.12 bits per heavy atom. The van der Waals surface area contributed by atoms with Crippen LogP contribution < -0.4 is 4.74 Å². The molecular weight excluding hydrogens is 234 g/mol. The van der Waals surface area contributed by atoms with Crippen LogP contribution in [0.1, 0.15) is 16.8 Å². The zero-order valence-electron chi connectivity index (χ0n) is 9.90. The second kappa shape index (κ2) is 5.19. The van der Waals surface area contributed by atoms with Gasteiger partial charge in [-0.05, 0) is 43.2 Å². The van der Waals surface area contributed by atoms with E-state index in [2.05, 4.69) is 18.8 Å². The Bertz CT molecular complexity index is 525. The largest absolute Gasteiger partial charge is 0.439 e. The number of aromatic nitrogens is 1. The van der Waals surface area contributed by atoms with Crippen molar-refractivity contribution in [1.82, 2.24) is 4.98 Å². The van der Waals surface area contributed by atoms with E-state index in [1.165, 1.54) is 11.1 Å². The van der Waals surface area contributed by atoms with Crippen molar-refractivity contribution >= 4 is 11.6 Å². The molecule has 0 saturated heterocycles. The van der Waals surface area contributed by atoms with Gasteiger partial charge in [-0.25, -0.2) is 4.98 Å². The molecule has 1 aromatic carbocycles. The van der Waals surface area contributed by atoms with Gasteiger partial charge in [0, 0.05) is 6.07 Å². The van der Waals surface area contributed by atoms with E-state index in [1.807, 2.05) is 36.4 Å². The highest BCUT2D eigenvalue weighted by atomic mass is 35.5. The summed E-state index contributed by atoms with van der Waals surface area (Å²) in [4.78, 5) is 4.28. The Balaban J connectivity index is 2.22. The lowest BCUT2D eigenvalue weighted by Crippen LogP contribution is -1.92. The maximum absolute atomic E-state index is 5.73. The summed E-state index contributed by atoms with van der Waals surface area (Å²) >= 11 is 5.73.